The number of carbonyl (C=O) groups excluding carboxylic acids is 1. The number of likely N-dealkylation sites (tertiary alicyclic amines) is 1. The van der Waals surface area contributed by atoms with Gasteiger partial charge in [0, 0.05) is 19.2 Å². The molecule has 2 heterocycles. The lowest BCUT2D eigenvalue weighted by Gasteiger charge is -2.21. The maximum atomic E-state index is 12.6. The van der Waals surface area contributed by atoms with E-state index in [4.69, 9.17) is 5.73 Å². The van der Waals surface area contributed by atoms with Gasteiger partial charge in [-0.15, -0.1) is 0 Å². The van der Waals surface area contributed by atoms with Crippen LogP contribution >= 0.6 is 0 Å². The van der Waals surface area contributed by atoms with Crippen molar-refractivity contribution in [3.63, 3.8) is 0 Å². The fourth-order valence-corrected chi connectivity index (χ4v) is 2.16. The average Bonchev–Trinajstić information content (AvgIpc) is 2.89. The number of carbonyl (C=O) groups is 1. The molecular weight excluding hydrogens is 287 g/mol. The fourth-order valence-electron chi connectivity index (χ4n) is 2.16. The molecule has 1 fully saturated rings. The summed E-state index contributed by atoms with van der Waals surface area (Å²) in [4.78, 5) is 20.3. The first-order chi connectivity index (χ1) is 9.77. The van der Waals surface area contributed by atoms with Crippen LogP contribution < -0.4 is 11.1 Å². The standard InChI is InChI=1S/C12H16F3N5O/c1-7(10(21)20-4-2-3-5-20)17-9-6-8(16)18-11(19-9)12(13,14)15/h6-7H,2-5H2,1H3,(H3,16,17,18,19). The third-order valence-corrected chi connectivity index (χ3v) is 3.15. The molecule has 0 aromatic carbocycles. The van der Waals surface area contributed by atoms with Crippen LogP contribution in [0.5, 0.6) is 0 Å². The molecule has 3 N–H and O–H groups in total. The van der Waals surface area contributed by atoms with Crippen molar-refractivity contribution in [2.45, 2.75) is 32.0 Å². The maximum absolute atomic E-state index is 12.6. The molecule has 0 radical (unpaired) electrons. The Morgan fingerprint density at radius 3 is 2.57 bits per heavy atom. The van der Waals surface area contributed by atoms with Gasteiger partial charge in [-0.3, -0.25) is 4.79 Å². The summed E-state index contributed by atoms with van der Waals surface area (Å²) in [6.45, 7) is 2.92. The Bertz CT molecular complexity index is 528. The van der Waals surface area contributed by atoms with Crippen molar-refractivity contribution in [1.29, 1.82) is 0 Å². The zero-order chi connectivity index (χ0) is 15.6. The van der Waals surface area contributed by atoms with Crippen LogP contribution in [0.2, 0.25) is 0 Å². The smallest absolute Gasteiger partial charge is 0.384 e. The first-order valence-electron chi connectivity index (χ1n) is 6.54. The molecule has 0 spiro atoms. The van der Waals surface area contributed by atoms with E-state index in [-0.39, 0.29) is 17.5 Å². The Balaban J connectivity index is 2.11. The second kappa shape index (κ2) is 5.74. The number of hydrogen-bond acceptors (Lipinski definition) is 5. The molecule has 1 aromatic rings. The van der Waals surface area contributed by atoms with Crippen molar-refractivity contribution in [2.75, 3.05) is 24.1 Å². The number of nitrogens with zero attached hydrogens (tertiary/aromatic N) is 3. The molecule has 0 bridgehead atoms. The fraction of sp³-hybridized carbons (Fsp3) is 0.583. The van der Waals surface area contributed by atoms with Gasteiger partial charge in [0.15, 0.2) is 0 Å². The Morgan fingerprint density at radius 1 is 1.38 bits per heavy atom. The van der Waals surface area contributed by atoms with Crippen LogP contribution in [0.4, 0.5) is 24.8 Å². The molecule has 1 unspecified atom stereocenters. The molecule has 0 aliphatic carbocycles. The van der Waals surface area contributed by atoms with E-state index < -0.39 is 18.0 Å². The average molecular weight is 303 g/mol. The molecule has 1 atom stereocenters. The number of nitrogen functional groups attached to an aromatic ring is 1. The van der Waals surface area contributed by atoms with Crippen LogP contribution in [0.3, 0.4) is 0 Å². The summed E-state index contributed by atoms with van der Waals surface area (Å²) >= 11 is 0. The first-order valence-corrected chi connectivity index (χ1v) is 6.54. The number of halogens is 3. The van der Waals surface area contributed by atoms with E-state index in [9.17, 15) is 18.0 Å². The molecule has 1 saturated heterocycles. The van der Waals surface area contributed by atoms with E-state index in [0.717, 1.165) is 12.8 Å². The predicted molar refractivity (Wildman–Crippen MR) is 70.3 cm³/mol. The van der Waals surface area contributed by atoms with Gasteiger partial charge in [0.1, 0.15) is 17.7 Å². The zero-order valence-electron chi connectivity index (χ0n) is 11.4. The molecule has 0 saturated carbocycles. The highest BCUT2D eigenvalue weighted by molar-refractivity contribution is 5.84. The predicted octanol–water partition coefficient (Wildman–Crippen LogP) is 1.50. The molecule has 1 amide bonds. The highest BCUT2D eigenvalue weighted by Gasteiger charge is 2.35. The third-order valence-electron chi connectivity index (χ3n) is 3.15. The summed E-state index contributed by atoms with van der Waals surface area (Å²) < 4.78 is 37.8. The summed E-state index contributed by atoms with van der Waals surface area (Å²) in [5.74, 6) is -1.92. The summed E-state index contributed by atoms with van der Waals surface area (Å²) in [7, 11) is 0. The van der Waals surface area contributed by atoms with Crippen LogP contribution in [0.25, 0.3) is 0 Å². The molecule has 6 nitrogen and oxygen atoms in total. The van der Waals surface area contributed by atoms with Crippen molar-refractivity contribution in [1.82, 2.24) is 14.9 Å². The molecule has 1 aliphatic heterocycles. The highest BCUT2D eigenvalue weighted by atomic mass is 19.4. The van der Waals surface area contributed by atoms with Gasteiger partial charge in [0.2, 0.25) is 11.7 Å². The number of nitrogens with two attached hydrogens (primary N) is 1. The lowest BCUT2D eigenvalue weighted by atomic mass is 10.3. The monoisotopic (exact) mass is 303 g/mol. The number of anilines is 2. The number of amides is 1. The van der Waals surface area contributed by atoms with Crippen molar-refractivity contribution in [3.8, 4) is 0 Å². The number of alkyl halides is 3. The number of nitrogens with one attached hydrogen (secondary N) is 1. The SMILES string of the molecule is CC(Nc1cc(N)nc(C(F)(F)F)n1)C(=O)N1CCCC1. The van der Waals surface area contributed by atoms with Crippen LogP contribution in [-0.2, 0) is 11.0 Å². The lowest BCUT2D eigenvalue weighted by Crippen LogP contribution is -2.39. The van der Waals surface area contributed by atoms with Crippen LogP contribution in [0.1, 0.15) is 25.6 Å². The molecular formula is C12H16F3N5O. The largest absolute Gasteiger partial charge is 0.451 e. The van der Waals surface area contributed by atoms with E-state index in [1.54, 1.807) is 11.8 Å². The van der Waals surface area contributed by atoms with E-state index in [0.29, 0.717) is 13.1 Å². The maximum Gasteiger partial charge on any atom is 0.451 e. The third kappa shape index (κ3) is 3.73. The molecule has 21 heavy (non-hydrogen) atoms. The minimum Gasteiger partial charge on any atom is -0.384 e. The van der Waals surface area contributed by atoms with Crippen LogP contribution in [-0.4, -0.2) is 39.9 Å². The Kier molecular flexibility index (Phi) is 4.19. The first kappa shape index (κ1) is 15.3. The second-order valence-corrected chi connectivity index (χ2v) is 4.90. The van der Waals surface area contributed by atoms with E-state index in [2.05, 4.69) is 15.3 Å². The Labute approximate surface area is 119 Å². The van der Waals surface area contributed by atoms with Crippen LogP contribution in [0.15, 0.2) is 6.07 Å². The van der Waals surface area contributed by atoms with E-state index in [1.165, 1.54) is 6.07 Å². The summed E-state index contributed by atoms with van der Waals surface area (Å²) in [5, 5.41) is 2.65. The minimum absolute atomic E-state index is 0.116. The van der Waals surface area contributed by atoms with Crippen molar-refractivity contribution in [3.05, 3.63) is 11.9 Å². The van der Waals surface area contributed by atoms with E-state index in [1.807, 2.05) is 0 Å². The number of hydrogen-bond donors (Lipinski definition) is 2. The van der Waals surface area contributed by atoms with Gasteiger partial charge in [-0.1, -0.05) is 0 Å². The van der Waals surface area contributed by atoms with Crippen LogP contribution in [0, 0.1) is 0 Å². The normalized spacial score (nSPS) is 16.9. The highest BCUT2D eigenvalue weighted by Crippen LogP contribution is 2.27. The number of aromatic nitrogens is 2. The Morgan fingerprint density at radius 2 is 2.00 bits per heavy atom. The van der Waals surface area contributed by atoms with Gasteiger partial charge in [0.25, 0.3) is 0 Å². The molecule has 1 aromatic heterocycles. The van der Waals surface area contributed by atoms with Crippen molar-refractivity contribution < 1.29 is 18.0 Å². The summed E-state index contributed by atoms with van der Waals surface area (Å²) in [6.07, 6.45) is -2.80. The van der Waals surface area contributed by atoms with Crippen molar-refractivity contribution in [2.24, 2.45) is 0 Å². The summed E-state index contributed by atoms with van der Waals surface area (Å²) in [6, 6.07) is 0.488. The quantitative estimate of drug-likeness (QED) is 0.884. The molecule has 9 heteroatoms. The van der Waals surface area contributed by atoms with Gasteiger partial charge in [0.05, 0.1) is 0 Å². The second-order valence-electron chi connectivity index (χ2n) is 4.90. The topological polar surface area (TPSA) is 84.1 Å². The van der Waals surface area contributed by atoms with Gasteiger partial charge < -0.3 is 16.0 Å². The molecule has 2 rings (SSSR count). The van der Waals surface area contributed by atoms with Gasteiger partial charge in [-0.25, -0.2) is 9.97 Å². The van der Waals surface area contributed by atoms with Gasteiger partial charge >= 0.3 is 6.18 Å². The van der Waals surface area contributed by atoms with Crippen molar-refractivity contribution >= 4 is 17.5 Å². The van der Waals surface area contributed by atoms with Gasteiger partial charge in [-0.05, 0) is 19.8 Å². The molecule has 1 aliphatic rings. The van der Waals surface area contributed by atoms with E-state index >= 15 is 0 Å². The summed E-state index contributed by atoms with van der Waals surface area (Å²) in [5.41, 5.74) is 5.34. The number of rotatable bonds is 3. The molecule has 116 valence electrons. The Hall–Kier alpha value is -2.06. The lowest BCUT2D eigenvalue weighted by molar-refractivity contribution is -0.144. The zero-order valence-corrected chi connectivity index (χ0v) is 11.4. The van der Waals surface area contributed by atoms with Gasteiger partial charge in [-0.2, -0.15) is 13.2 Å². The minimum atomic E-state index is -4.69.